The van der Waals surface area contributed by atoms with Crippen molar-refractivity contribution in [1.29, 1.82) is 0 Å². The van der Waals surface area contributed by atoms with Crippen molar-refractivity contribution in [3.05, 3.63) is 75.0 Å². The number of hydrogen-bond acceptors (Lipinski definition) is 2. The van der Waals surface area contributed by atoms with Gasteiger partial charge in [0.25, 0.3) is 11.8 Å². The summed E-state index contributed by atoms with van der Waals surface area (Å²) in [5.74, 6) is -1.55. The molecule has 0 saturated heterocycles. The standard InChI is InChI=1S/C20H16Cl2FNO2/c1-11-17(15-6-4-5-7-16(15)23)19(26)24(18(11)25)20(2,3)12-8-13(21)10-14(22)9-12/h4-10H,1-3H3. The average Bonchev–Trinajstić information content (AvgIpc) is 2.77. The van der Waals surface area contributed by atoms with Crippen molar-refractivity contribution in [1.82, 2.24) is 4.90 Å². The lowest BCUT2D eigenvalue weighted by molar-refractivity contribution is -0.143. The van der Waals surface area contributed by atoms with Crippen molar-refractivity contribution >= 4 is 40.6 Å². The summed E-state index contributed by atoms with van der Waals surface area (Å²) in [7, 11) is 0. The molecule has 134 valence electrons. The van der Waals surface area contributed by atoms with Crippen LogP contribution in [0.4, 0.5) is 4.39 Å². The lowest BCUT2D eigenvalue weighted by Crippen LogP contribution is -2.46. The van der Waals surface area contributed by atoms with Crippen molar-refractivity contribution in [2.45, 2.75) is 26.3 Å². The predicted octanol–water partition coefficient (Wildman–Crippen LogP) is 5.21. The van der Waals surface area contributed by atoms with E-state index < -0.39 is 23.2 Å². The van der Waals surface area contributed by atoms with Gasteiger partial charge in [0.2, 0.25) is 0 Å². The topological polar surface area (TPSA) is 37.4 Å². The Kier molecular flexibility index (Phi) is 4.67. The fourth-order valence-electron chi connectivity index (χ4n) is 3.16. The number of rotatable bonds is 3. The molecular formula is C20H16Cl2FNO2. The van der Waals surface area contributed by atoms with Crippen molar-refractivity contribution in [3.8, 4) is 0 Å². The van der Waals surface area contributed by atoms with Crippen molar-refractivity contribution in [2.24, 2.45) is 0 Å². The predicted molar refractivity (Wildman–Crippen MR) is 100 cm³/mol. The Labute approximate surface area is 161 Å². The molecule has 1 aliphatic rings. The van der Waals surface area contributed by atoms with Crippen LogP contribution in [-0.2, 0) is 15.1 Å². The summed E-state index contributed by atoms with van der Waals surface area (Å²) < 4.78 is 14.2. The Hall–Kier alpha value is -2.17. The van der Waals surface area contributed by atoms with Gasteiger partial charge in [-0.2, -0.15) is 0 Å². The molecule has 0 aliphatic carbocycles. The third-order valence-corrected chi connectivity index (χ3v) is 5.02. The minimum atomic E-state index is -1.02. The van der Waals surface area contributed by atoms with Crippen LogP contribution in [0.1, 0.15) is 31.9 Å². The number of benzene rings is 2. The zero-order valence-electron chi connectivity index (χ0n) is 14.4. The van der Waals surface area contributed by atoms with Crippen LogP contribution in [0.3, 0.4) is 0 Å². The van der Waals surface area contributed by atoms with Gasteiger partial charge in [-0.3, -0.25) is 14.5 Å². The van der Waals surface area contributed by atoms with E-state index in [4.69, 9.17) is 23.2 Å². The summed E-state index contributed by atoms with van der Waals surface area (Å²) in [6, 6.07) is 10.8. The zero-order valence-corrected chi connectivity index (χ0v) is 16.0. The van der Waals surface area contributed by atoms with E-state index in [1.54, 1.807) is 38.1 Å². The molecule has 1 heterocycles. The van der Waals surface area contributed by atoms with Gasteiger partial charge in [0.15, 0.2) is 0 Å². The highest BCUT2D eigenvalue weighted by Crippen LogP contribution is 2.40. The third-order valence-electron chi connectivity index (χ3n) is 4.59. The van der Waals surface area contributed by atoms with Crippen molar-refractivity contribution in [2.75, 3.05) is 0 Å². The maximum absolute atomic E-state index is 14.2. The van der Waals surface area contributed by atoms with E-state index in [0.717, 1.165) is 4.90 Å². The van der Waals surface area contributed by atoms with Crippen LogP contribution in [0, 0.1) is 5.82 Å². The molecule has 3 rings (SSSR count). The fourth-order valence-corrected chi connectivity index (χ4v) is 3.69. The highest BCUT2D eigenvalue weighted by Gasteiger charge is 2.46. The SMILES string of the molecule is CC1=C(c2ccccc2F)C(=O)N(C(C)(C)c2cc(Cl)cc(Cl)c2)C1=O. The molecule has 0 aromatic heterocycles. The molecule has 0 bridgehead atoms. The van der Waals surface area contributed by atoms with Gasteiger partial charge in [-0.15, -0.1) is 0 Å². The second-order valence-electron chi connectivity index (χ2n) is 6.64. The number of imide groups is 1. The van der Waals surface area contributed by atoms with E-state index in [1.807, 2.05) is 0 Å². The molecule has 0 spiro atoms. The van der Waals surface area contributed by atoms with Crippen LogP contribution in [-0.4, -0.2) is 16.7 Å². The van der Waals surface area contributed by atoms with Gasteiger partial charge < -0.3 is 0 Å². The van der Waals surface area contributed by atoms with Crippen LogP contribution in [0.2, 0.25) is 10.0 Å². The first kappa shape index (κ1) is 18.6. The molecule has 0 fully saturated rings. The van der Waals surface area contributed by atoms with Gasteiger partial charge in [-0.05, 0) is 50.6 Å². The van der Waals surface area contributed by atoms with E-state index in [0.29, 0.717) is 15.6 Å². The number of carbonyl (C=O) groups excluding carboxylic acids is 2. The largest absolute Gasteiger partial charge is 0.269 e. The molecule has 0 radical (unpaired) electrons. The maximum atomic E-state index is 14.2. The number of hydrogen-bond donors (Lipinski definition) is 0. The Balaban J connectivity index is 2.10. The molecule has 2 aromatic carbocycles. The Morgan fingerprint density at radius 2 is 1.54 bits per heavy atom. The summed E-state index contributed by atoms with van der Waals surface area (Å²) >= 11 is 12.2. The summed E-state index contributed by atoms with van der Waals surface area (Å²) in [6.07, 6.45) is 0. The van der Waals surface area contributed by atoms with E-state index in [9.17, 15) is 14.0 Å². The fraction of sp³-hybridized carbons (Fsp3) is 0.200. The molecule has 6 heteroatoms. The molecule has 0 saturated carbocycles. The van der Waals surface area contributed by atoms with Gasteiger partial charge in [0, 0.05) is 21.2 Å². The van der Waals surface area contributed by atoms with E-state index in [1.165, 1.54) is 25.1 Å². The second kappa shape index (κ2) is 6.53. The second-order valence-corrected chi connectivity index (χ2v) is 7.52. The van der Waals surface area contributed by atoms with Gasteiger partial charge >= 0.3 is 0 Å². The summed E-state index contributed by atoms with van der Waals surface area (Å²) in [6.45, 7) is 4.98. The van der Waals surface area contributed by atoms with Gasteiger partial charge in [0.1, 0.15) is 5.82 Å². The first-order valence-electron chi connectivity index (χ1n) is 7.96. The van der Waals surface area contributed by atoms with E-state index in [2.05, 4.69) is 0 Å². The van der Waals surface area contributed by atoms with Gasteiger partial charge in [-0.1, -0.05) is 41.4 Å². The van der Waals surface area contributed by atoms with Crippen LogP contribution < -0.4 is 0 Å². The first-order chi connectivity index (χ1) is 12.1. The molecule has 3 nitrogen and oxygen atoms in total. The summed E-state index contributed by atoms with van der Waals surface area (Å²) in [5.41, 5.74) is -0.00239. The summed E-state index contributed by atoms with van der Waals surface area (Å²) in [4.78, 5) is 27.1. The van der Waals surface area contributed by atoms with Gasteiger partial charge in [-0.25, -0.2) is 4.39 Å². The lowest BCUT2D eigenvalue weighted by Gasteiger charge is -2.35. The molecule has 0 unspecified atom stereocenters. The van der Waals surface area contributed by atoms with Crippen LogP contribution in [0.15, 0.2) is 48.0 Å². The zero-order chi connectivity index (χ0) is 19.2. The maximum Gasteiger partial charge on any atom is 0.262 e. The number of carbonyl (C=O) groups is 2. The molecule has 0 atom stereocenters. The highest BCUT2D eigenvalue weighted by molar-refractivity contribution is 6.36. The Morgan fingerprint density at radius 1 is 0.962 bits per heavy atom. The molecule has 2 aromatic rings. The highest BCUT2D eigenvalue weighted by atomic mass is 35.5. The van der Waals surface area contributed by atoms with E-state index >= 15 is 0 Å². The molecule has 2 amide bonds. The quantitative estimate of drug-likeness (QED) is 0.673. The van der Waals surface area contributed by atoms with Crippen LogP contribution in [0.25, 0.3) is 5.57 Å². The van der Waals surface area contributed by atoms with Gasteiger partial charge in [0.05, 0.1) is 11.1 Å². The Morgan fingerprint density at radius 3 is 2.12 bits per heavy atom. The number of amides is 2. The van der Waals surface area contributed by atoms with E-state index in [-0.39, 0.29) is 16.7 Å². The number of halogens is 3. The minimum absolute atomic E-state index is 0.0781. The number of nitrogens with zero attached hydrogens (tertiary/aromatic N) is 1. The Bertz CT molecular complexity index is 946. The minimum Gasteiger partial charge on any atom is -0.269 e. The van der Waals surface area contributed by atoms with Crippen molar-refractivity contribution in [3.63, 3.8) is 0 Å². The van der Waals surface area contributed by atoms with Crippen molar-refractivity contribution < 1.29 is 14.0 Å². The lowest BCUT2D eigenvalue weighted by atomic mass is 9.92. The molecule has 0 N–H and O–H groups in total. The summed E-state index contributed by atoms with van der Waals surface area (Å²) in [5, 5.41) is 0.803. The smallest absolute Gasteiger partial charge is 0.262 e. The molecular weight excluding hydrogens is 376 g/mol. The molecule has 1 aliphatic heterocycles. The average molecular weight is 392 g/mol. The third kappa shape index (κ3) is 2.93. The monoisotopic (exact) mass is 391 g/mol. The van der Waals surface area contributed by atoms with Crippen LogP contribution >= 0.6 is 23.2 Å². The van der Waals surface area contributed by atoms with Crippen LogP contribution in [0.5, 0.6) is 0 Å². The first-order valence-corrected chi connectivity index (χ1v) is 8.71. The molecule has 26 heavy (non-hydrogen) atoms. The normalized spacial score (nSPS) is 15.2.